The third-order valence-corrected chi connectivity index (χ3v) is 4.58. The molecule has 0 bridgehead atoms. The predicted octanol–water partition coefficient (Wildman–Crippen LogP) is 2.49. The predicted molar refractivity (Wildman–Crippen MR) is 94.6 cm³/mol. The van der Waals surface area contributed by atoms with Gasteiger partial charge in [-0.3, -0.25) is 9.59 Å². The molecule has 0 aliphatic rings. The van der Waals surface area contributed by atoms with E-state index in [0.717, 1.165) is 10.6 Å². The molecule has 2 rings (SSSR count). The lowest BCUT2D eigenvalue weighted by molar-refractivity contribution is -0.143. The number of esters is 2. The van der Waals surface area contributed by atoms with Gasteiger partial charge in [-0.05, 0) is 24.8 Å². The molecule has 7 nitrogen and oxygen atoms in total. The zero-order valence-corrected chi connectivity index (χ0v) is 15.3. The highest BCUT2D eigenvalue weighted by Crippen LogP contribution is 2.25. The average molecular weight is 382 g/mol. The zero-order chi connectivity index (χ0) is 18.1. The Bertz CT molecular complexity index is 712. The van der Waals surface area contributed by atoms with Gasteiger partial charge in [0.05, 0.1) is 6.61 Å². The summed E-state index contributed by atoms with van der Waals surface area (Å²) < 4.78 is 9.72. The van der Waals surface area contributed by atoms with E-state index >= 15 is 0 Å². The molecule has 0 fully saturated rings. The molecule has 0 saturated carbocycles. The van der Waals surface area contributed by atoms with E-state index in [2.05, 4.69) is 10.3 Å². The van der Waals surface area contributed by atoms with Gasteiger partial charge in [0.2, 0.25) is 0 Å². The largest absolute Gasteiger partial charge is 0.466 e. The van der Waals surface area contributed by atoms with Gasteiger partial charge in [0.15, 0.2) is 12.3 Å². The van der Waals surface area contributed by atoms with Crippen LogP contribution in [-0.2, 0) is 19.1 Å². The second-order valence-corrected chi connectivity index (χ2v) is 6.52. The maximum atomic E-state index is 11.9. The van der Waals surface area contributed by atoms with Gasteiger partial charge in [0, 0.05) is 29.3 Å². The Kier molecular flexibility index (Phi) is 7.55. The third-order valence-electron chi connectivity index (χ3n) is 3.00. The fourth-order valence-corrected chi connectivity index (χ4v) is 3.34. The molecule has 0 spiro atoms. The molecule has 134 valence electrons. The van der Waals surface area contributed by atoms with Crippen molar-refractivity contribution in [1.29, 1.82) is 0 Å². The number of thiophene rings is 1. The minimum absolute atomic E-state index is 0.182. The minimum atomic E-state index is -0.639. The summed E-state index contributed by atoms with van der Waals surface area (Å²) in [5, 5.41) is 8.78. The minimum Gasteiger partial charge on any atom is -0.466 e. The van der Waals surface area contributed by atoms with E-state index in [4.69, 9.17) is 9.47 Å². The maximum Gasteiger partial charge on any atom is 0.358 e. The molecule has 1 amide bonds. The summed E-state index contributed by atoms with van der Waals surface area (Å²) in [7, 11) is 0. The van der Waals surface area contributed by atoms with Crippen molar-refractivity contribution >= 4 is 40.5 Å². The summed E-state index contributed by atoms with van der Waals surface area (Å²) >= 11 is 2.89. The highest BCUT2D eigenvalue weighted by molar-refractivity contribution is 7.14. The molecule has 0 unspecified atom stereocenters. The molecule has 2 aromatic rings. The van der Waals surface area contributed by atoms with Crippen molar-refractivity contribution in [2.75, 3.05) is 19.8 Å². The molecular weight excluding hydrogens is 364 g/mol. The summed E-state index contributed by atoms with van der Waals surface area (Å²) in [4.78, 5) is 38.9. The van der Waals surface area contributed by atoms with Crippen molar-refractivity contribution < 1.29 is 23.9 Å². The number of amides is 1. The van der Waals surface area contributed by atoms with Crippen molar-refractivity contribution in [3.63, 3.8) is 0 Å². The summed E-state index contributed by atoms with van der Waals surface area (Å²) in [6.07, 6.45) is 0.701. The molecular formula is C16H18N2O5S2. The number of hydrogen-bond donors (Lipinski definition) is 1. The second kappa shape index (κ2) is 9.90. The number of nitrogens with zero attached hydrogens (tertiary/aromatic N) is 1. The van der Waals surface area contributed by atoms with Gasteiger partial charge < -0.3 is 14.8 Å². The maximum absolute atomic E-state index is 11.9. The van der Waals surface area contributed by atoms with E-state index in [9.17, 15) is 14.4 Å². The van der Waals surface area contributed by atoms with Crippen LogP contribution in [0.4, 0.5) is 0 Å². The number of ether oxygens (including phenoxy) is 2. The van der Waals surface area contributed by atoms with Gasteiger partial charge >= 0.3 is 11.9 Å². The van der Waals surface area contributed by atoms with Gasteiger partial charge in [-0.1, -0.05) is 0 Å². The summed E-state index contributed by atoms with van der Waals surface area (Å²) in [6, 6.07) is 1.92. The summed E-state index contributed by atoms with van der Waals surface area (Å²) in [6.45, 7) is 2.00. The van der Waals surface area contributed by atoms with Gasteiger partial charge in [0.25, 0.3) is 5.91 Å². The van der Waals surface area contributed by atoms with Gasteiger partial charge in [-0.2, -0.15) is 11.3 Å². The fourth-order valence-electron chi connectivity index (χ4n) is 1.84. The number of carbonyl (C=O) groups is 3. The van der Waals surface area contributed by atoms with Crippen LogP contribution >= 0.6 is 22.7 Å². The topological polar surface area (TPSA) is 94.6 Å². The standard InChI is InChI=1S/C16H18N2O5S2/c1-2-22-14(20)4-3-6-17-13(19)8-23-16(21)12-10-25-15(18-12)11-5-7-24-9-11/h5,7,9-10H,2-4,6,8H2,1H3,(H,17,19). The molecule has 25 heavy (non-hydrogen) atoms. The highest BCUT2D eigenvalue weighted by Gasteiger charge is 2.15. The Morgan fingerprint density at radius 1 is 1.24 bits per heavy atom. The quantitative estimate of drug-likeness (QED) is 0.529. The molecule has 2 aromatic heterocycles. The Morgan fingerprint density at radius 2 is 2.08 bits per heavy atom. The van der Waals surface area contributed by atoms with Crippen LogP contribution in [0, 0.1) is 0 Å². The molecule has 0 radical (unpaired) electrons. The van der Waals surface area contributed by atoms with E-state index in [0.29, 0.717) is 19.6 Å². The first kappa shape index (κ1) is 19.1. The first-order valence-corrected chi connectivity index (χ1v) is 9.50. The zero-order valence-electron chi connectivity index (χ0n) is 13.6. The fraction of sp³-hybridized carbons (Fsp3) is 0.375. The Morgan fingerprint density at radius 3 is 2.80 bits per heavy atom. The lowest BCUT2D eigenvalue weighted by Gasteiger charge is -2.05. The van der Waals surface area contributed by atoms with Crippen molar-refractivity contribution in [3.8, 4) is 10.6 Å². The molecule has 2 heterocycles. The molecule has 1 N–H and O–H groups in total. The van der Waals surface area contributed by atoms with Crippen LogP contribution in [0.1, 0.15) is 30.3 Å². The molecule has 0 saturated heterocycles. The number of nitrogens with one attached hydrogen (secondary N) is 1. The molecule has 0 aliphatic carbocycles. The van der Waals surface area contributed by atoms with Crippen LogP contribution in [0.5, 0.6) is 0 Å². The summed E-state index contributed by atoms with van der Waals surface area (Å²) in [5.74, 6) is -1.36. The van der Waals surface area contributed by atoms with Crippen molar-refractivity contribution in [1.82, 2.24) is 10.3 Å². The third kappa shape index (κ3) is 6.28. The van der Waals surface area contributed by atoms with Crippen LogP contribution in [0.25, 0.3) is 10.6 Å². The molecule has 0 aromatic carbocycles. The van der Waals surface area contributed by atoms with Crippen LogP contribution in [0.3, 0.4) is 0 Å². The van der Waals surface area contributed by atoms with Crippen molar-refractivity contribution in [2.45, 2.75) is 19.8 Å². The number of hydrogen-bond acceptors (Lipinski definition) is 8. The Labute approximate surface area is 153 Å². The number of aromatic nitrogens is 1. The molecule has 0 aliphatic heterocycles. The lowest BCUT2D eigenvalue weighted by Crippen LogP contribution is -2.30. The van der Waals surface area contributed by atoms with E-state index < -0.39 is 11.9 Å². The second-order valence-electron chi connectivity index (χ2n) is 4.88. The monoisotopic (exact) mass is 382 g/mol. The number of thiazole rings is 1. The van der Waals surface area contributed by atoms with Gasteiger partial charge in [-0.15, -0.1) is 11.3 Å². The van der Waals surface area contributed by atoms with E-state index in [-0.39, 0.29) is 24.7 Å². The Hall–Kier alpha value is -2.26. The number of rotatable bonds is 9. The normalized spacial score (nSPS) is 10.3. The van der Waals surface area contributed by atoms with Crippen LogP contribution in [0.2, 0.25) is 0 Å². The van der Waals surface area contributed by atoms with E-state index in [1.807, 2.05) is 16.8 Å². The summed E-state index contributed by atoms with van der Waals surface area (Å²) in [5.41, 5.74) is 1.13. The molecule has 9 heteroatoms. The lowest BCUT2D eigenvalue weighted by atomic mass is 10.3. The smallest absolute Gasteiger partial charge is 0.358 e. The van der Waals surface area contributed by atoms with Crippen LogP contribution in [-0.4, -0.2) is 42.6 Å². The Balaban J connectivity index is 1.67. The van der Waals surface area contributed by atoms with Crippen LogP contribution < -0.4 is 5.32 Å². The van der Waals surface area contributed by atoms with Gasteiger partial charge in [-0.25, -0.2) is 9.78 Å². The first-order valence-electron chi connectivity index (χ1n) is 7.67. The van der Waals surface area contributed by atoms with Crippen molar-refractivity contribution in [3.05, 3.63) is 27.9 Å². The van der Waals surface area contributed by atoms with Gasteiger partial charge in [0.1, 0.15) is 5.01 Å². The average Bonchev–Trinajstić information content (AvgIpc) is 3.27. The van der Waals surface area contributed by atoms with Crippen LogP contribution in [0.15, 0.2) is 22.2 Å². The SMILES string of the molecule is CCOC(=O)CCCNC(=O)COC(=O)c1csc(-c2ccsc2)n1. The number of carbonyl (C=O) groups excluding carboxylic acids is 3. The highest BCUT2D eigenvalue weighted by atomic mass is 32.1. The van der Waals surface area contributed by atoms with E-state index in [1.165, 1.54) is 11.3 Å². The molecule has 0 atom stereocenters. The van der Waals surface area contributed by atoms with E-state index in [1.54, 1.807) is 23.6 Å². The van der Waals surface area contributed by atoms with Crippen molar-refractivity contribution in [2.24, 2.45) is 0 Å². The first-order chi connectivity index (χ1) is 12.1.